The summed E-state index contributed by atoms with van der Waals surface area (Å²) in [5.41, 5.74) is 1.98. The molecule has 2 heterocycles. The van der Waals surface area contributed by atoms with Gasteiger partial charge in [-0.25, -0.2) is 0 Å². The van der Waals surface area contributed by atoms with Gasteiger partial charge in [0.1, 0.15) is 0 Å². The Labute approximate surface area is 115 Å². The molecule has 0 saturated carbocycles. The average molecular weight is 261 g/mol. The van der Waals surface area contributed by atoms with Gasteiger partial charge in [0.25, 0.3) is 0 Å². The molecule has 1 fully saturated rings. The van der Waals surface area contributed by atoms with Crippen molar-refractivity contribution in [3.05, 3.63) is 24.0 Å². The first-order valence-electron chi connectivity index (χ1n) is 6.88. The normalized spacial score (nSPS) is 21.4. The number of nitrogens with zero attached hydrogens (tertiary/aromatic N) is 2. The van der Waals surface area contributed by atoms with Gasteiger partial charge in [0.2, 0.25) is 5.91 Å². The van der Waals surface area contributed by atoms with Gasteiger partial charge in [-0.15, -0.1) is 0 Å². The molecule has 1 amide bonds. The molecule has 0 spiro atoms. The number of hydrogen-bond acceptors (Lipinski definition) is 3. The Morgan fingerprint density at radius 1 is 1.37 bits per heavy atom. The van der Waals surface area contributed by atoms with E-state index in [1.54, 1.807) is 0 Å². The minimum atomic E-state index is 0.0183. The van der Waals surface area contributed by atoms with E-state index in [9.17, 15) is 4.79 Å². The van der Waals surface area contributed by atoms with E-state index < -0.39 is 0 Å². The molecular weight excluding hydrogens is 238 g/mol. The molecule has 0 bridgehead atoms. The summed E-state index contributed by atoms with van der Waals surface area (Å²) in [6.07, 6.45) is 1.82. The monoisotopic (exact) mass is 261 g/mol. The van der Waals surface area contributed by atoms with Gasteiger partial charge in [0.15, 0.2) is 0 Å². The number of carbonyl (C=O) groups is 1. The van der Waals surface area contributed by atoms with Crippen LogP contribution >= 0.6 is 0 Å². The van der Waals surface area contributed by atoms with Crippen molar-refractivity contribution in [1.29, 1.82) is 0 Å². The minimum absolute atomic E-state index is 0.0183. The van der Waals surface area contributed by atoms with Crippen LogP contribution in [0, 0.1) is 5.92 Å². The fourth-order valence-electron chi connectivity index (χ4n) is 2.22. The number of rotatable bonds is 1. The zero-order valence-electron chi connectivity index (χ0n) is 12.2. The Kier molecular flexibility index (Phi) is 3.90. The van der Waals surface area contributed by atoms with Crippen LogP contribution in [0.2, 0.25) is 0 Å². The first-order valence-corrected chi connectivity index (χ1v) is 6.88. The SMILES string of the molecule is CC1CNCCN(c2ccc(C(C)(C)C)nc2)C1=O. The minimum Gasteiger partial charge on any atom is -0.314 e. The van der Waals surface area contributed by atoms with E-state index in [4.69, 9.17) is 0 Å². The Bertz CT molecular complexity index is 447. The lowest BCUT2D eigenvalue weighted by Crippen LogP contribution is -2.35. The van der Waals surface area contributed by atoms with Crippen molar-refractivity contribution in [2.45, 2.75) is 33.1 Å². The maximum absolute atomic E-state index is 12.3. The Morgan fingerprint density at radius 3 is 2.68 bits per heavy atom. The number of pyridine rings is 1. The zero-order valence-corrected chi connectivity index (χ0v) is 12.2. The summed E-state index contributed by atoms with van der Waals surface area (Å²) in [6, 6.07) is 4.02. The van der Waals surface area contributed by atoms with Crippen LogP contribution < -0.4 is 10.2 Å². The average Bonchev–Trinajstić information content (AvgIpc) is 2.52. The van der Waals surface area contributed by atoms with Gasteiger partial charge in [-0.3, -0.25) is 9.78 Å². The van der Waals surface area contributed by atoms with Crippen molar-refractivity contribution >= 4 is 11.6 Å². The fourth-order valence-corrected chi connectivity index (χ4v) is 2.22. The lowest BCUT2D eigenvalue weighted by molar-refractivity contribution is -0.121. The molecule has 0 aromatic carbocycles. The maximum atomic E-state index is 12.3. The van der Waals surface area contributed by atoms with Crippen LogP contribution in [0.15, 0.2) is 18.3 Å². The van der Waals surface area contributed by atoms with Crippen molar-refractivity contribution in [2.75, 3.05) is 24.5 Å². The molecule has 1 aliphatic rings. The summed E-state index contributed by atoms with van der Waals surface area (Å²) in [4.78, 5) is 18.6. The number of anilines is 1. The van der Waals surface area contributed by atoms with E-state index in [2.05, 4.69) is 31.1 Å². The molecule has 1 aromatic heterocycles. The second-order valence-corrected chi connectivity index (χ2v) is 6.25. The Balaban J connectivity index is 2.23. The van der Waals surface area contributed by atoms with E-state index in [1.807, 2.05) is 30.2 Å². The van der Waals surface area contributed by atoms with E-state index in [1.165, 1.54) is 0 Å². The second kappa shape index (κ2) is 5.29. The van der Waals surface area contributed by atoms with E-state index in [0.29, 0.717) is 6.54 Å². The summed E-state index contributed by atoms with van der Waals surface area (Å²) in [5, 5.41) is 3.28. The molecule has 1 aromatic rings. The summed E-state index contributed by atoms with van der Waals surface area (Å²) in [6.45, 7) is 10.7. The molecule has 1 N–H and O–H groups in total. The fraction of sp³-hybridized carbons (Fsp3) is 0.600. The predicted octanol–water partition coefficient (Wildman–Crippen LogP) is 1.95. The largest absolute Gasteiger partial charge is 0.314 e. The van der Waals surface area contributed by atoms with Gasteiger partial charge in [-0.1, -0.05) is 27.7 Å². The van der Waals surface area contributed by atoms with Crippen molar-refractivity contribution in [3.63, 3.8) is 0 Å². The summed E-state index contributed by atoms with van der Waals surface area (Å²) in [7, 11) is 0. The highest BCUT2D eigenvalue weighted by molar-refractivity contribution is 5.95. The number of carbonyl (C=O) groups excluding carboxylic acids is 1. The lowest BCUT2D eigenvalue weighted by Gasteiger charge is -2.24. The van der Waals surface area contributed by atoms with Crippen LogP contribution in [0.1, 0.15) is 33.4 Å². The first kappa shape index (κ1) is 14.0. The highest BCUT2D eigenvalue weighted by atomic mass is 16.2. The number of hydrogen-bond donors (Lipinski definition) is 1. The summed E-state index contributed by atoms with van der Waals surface area (Å²) < 4.78 is 0. The van der Waals surface area contributed by atoms with Crippen LogP contribution in [0.25, 0.3) is 0 Å². The topological polar surface area (TPSA) is 45.2 Å². The molecule has 0 aliphatic carbocycles. The summed E-state index contributed by atoms with van der Waals surface area (Å²) >= 11 is 0. The second-order valence-electron chi connectivity index (χ2n) is 6.25. The molecule has 1 unspecified atom stereocenters. The van der Waals surface area contributed by atoms with Crippen LogP contribution in [0.4, 0.5) is 5.69 Å². The molecule has 1 atom stereocenters. The van der Waals surface area contributed by atoms with Gasteiger partial charge >= 0.3 is 0 Å². The van der Waals surface area contributed by atoms with Gasteiger partial charge in [-0.2, -0.15) is 0 Å². The van der Waals surface area contributed by atoms with Crippen LogP contribution in [0.5, 0.6) is 0 Å². The standard InChI is InChI=1S/C15H23N3O/c1-11-9-16-7-8-18(14(11)19)12-5-6-13(17-10-12)15(2,3)4/h5-6,10-11,16H,7-9H2,1-4H3. The van der Waals surface area contributed by atoms with Crippen molar-refractivity contribution < 1.29 is 4.79 Å². The first-order chi connectivity index (χ1) is 8.89. The zero-order chi connectivity index (χ0) is 14.0. The molecule has 1 aliphatic heterocycles. The van der Waals surface area contributed by atoms with Crippen molar-refractivity contribution in [1.82, 2.24) is 10.3 Å². The third kappa shape index (κ3) is 3.13. The Hall–Kier alpha value is -1.42. The predicted molar refractivity (Wildman–Crippen MR) is 77.3 cm³/mol. The van der Waals surface area contributed by atoms with Crippen molar-refractivity contribution in [3.8, 4) is 0 Å². The molecule has 2 rings (SSSR count). The van der Waals surface area contributed by atoms with Crippen molar-refractivity contribution in [2.24, 2.45) is 5.92 Å². The lowest BCUT2D eigenvalue weighted by atomic mass is 9.92. The van der Waals surface area contributed by atoms with Gasteiger partial charge < -0.3 is 10.2 Å². The molecule has 0 radical (unpaired) electrons. The molecule has 4 nitrogen and oxygen atoms in total. The highest BCUT2D eigenvalue weighted by Crippen LogP contribution is 2.23. The van der Waals surface area contributed by atoms with E-state index >= 15 is 0 Å². The van der Waals surface area contributed by atoms with E-state index in [-0.39, 0.29) is 17.2 Å². The quantitative estimate of drug-likeness (QED) is 0.840. The Morgan fingerprint density at radius 2 is 2.11 bits per heavy atom. The number of nitrogens with one attached hydrogen (secondary N) is 1. The summed E-state index contributed by atoms with van der Waals surface area (Å²) in [5.74, 6) is 0.195. The maximum Gasteiger partial charge on any atom is 0.231 e. The molecular formula is C15H23N3O. The number of amides is 1. The molecule has 19 heavy (non-hydrogen) atoms. The van der Waals surface area contributed by atoms with Crippen LogP contribution in [0.3, 0.4) is 0 Å². The number of aromatic nitrogens is 1. The smallest absolute Gasteiger partial charge is 0.231 e. The van der Waals surface area contributed by atoms with Crippen LogP contribution in [-0.4, -0.2) is 30.5 Å². The third-order valence-electron chi connectivity index (χ3n) is 3.48. The van der Waals surface area contributed by atoms with E-state index in [0.717, 1.165) is 24.5 Å². The van der Waals surface area contributed by atoms with Crippen LogP contribution in [-0.2, 0) is 10.2 Å². The van der Waals surface area contributed by atoms with Gasteiger partial charge in [-0.05, 0) is 12.1 Å². The molecule has 1 saturated heterocycles. The van der Waals surface area contributed by atoms with Gasteiger partial charge in [0, 0.05) is 36.7 Å². The molecule has 104 valence electrons. The van der Waals surface area contributed by atoms with Gasteiger partial charge in [0.05, 0.1) is 11.9 Å². The third-order valence-corrected chi connectivity index (χ3v) is 3.48. The molecule has 4 heteroatoms. The highest BCUT2D eigenvalue weighted by Gasteiger charge is 2.25.